The molecule has 8 unspecified atom stereocenters. The van der Waals surface area contributed by atoms with Crippen LogP contribution in [-0.2, 0) is 24.2 Å². The number of alkyl halides is 1. The summed E-state index contributed by atoms with van der Waals surface area (Å²) in [5.41, 5.74) is -5.97. The van der Waals surface area contributed by atoms with Crippen LogP contribution in [-0.4, -0.2) is 58.7 Å². The lowest BCUT2D eigenvalue weighted by Gasteiger charge is -2.62. The van der Waals surface area contributed by atoms with Crippen molar-refractivity contribution in [3.8, 4) is 0 Å². The first kappa shape index (κ1) is 23.7. The Balaban J connectivity index is 1.75. The molecular weight excluding hydrogens is 443 g/mol. The molecule has 0 bridgehead atoms. The lowest BCUT2D eigenvalue weighted by atomic mass is 9.44. The molecule has 3 saturated carbocycles. The molecule has 0 radical (unpaired) electrons. The molecule has 10 heteroatoms. The van der Waals surface area contributed by atoms with Crippen LogP contribution in [0.2, 0.25) is 0 Å². The molecule has 3 fully saturated rings. The summed E-state index contributed by atoms with van der Waals surface area (Å²) in [5.74, 6) is -2.98. The highest BCUT2D eigenvalue weighted by atomic mass is 32.3. The van der Waals surface area contributed by atoms with Crippen molar-refractivity contribution < 1.29 is 41.3 Å². The Morgan fingerprint density at radius 2 is 1.97 bits per heavy atom. The molecule has 8 atom stereocenters. The number of aliphatic hydroxyl groups excluding tert-OH is 1. The van der Waals surface area contributed by atoms with Crippen molar-refractivity contribution in [2.75, 3.05) is 6.61 Å². The fourth-order valence-electron chi connectivity index (χ4n) is 7.38. The Bertz CT molecular complexity index is 1040. The van der Waals surface area contributed by atoms with Gasteiger partial charge in [-0.3, -0.25) is 14.1 Å². The lowest BCUT2D eigenvalue weighted by molar-refractivity contribution is -0.219. The molecule has 0 aromatic carbocycles. The van der Waals surface area contributed by atoms with Crippen LogP contribution in [0.4, 0.5) is 4.39 Å². The molecule has 178 valence electrons. The van der Waals surface area contributed by atoms with Crippen molar-refractivity contribution >= 4 is 22.0 Å². The molecule has 3 N–H and O–H groups in total. The van der Waals surface area contributed by atoms with Gasteiger partial charge in [0.2, 0.25) is 0 Å². The van der Waals surface area contributed by atoms with Gasteiger partial charge in [0.05, 0.1) is 6.10 Å². The van der Waals surface area contributed by atoms with E-state index in [0.717, 1.165) is 0 Å². The van der Waals surface area contributed by atoms with Gasteiger partial charge in [-0.05, 0) is 56.6 Å². The van der Waals surface area contributed by atoms with Gasteiger partial charge in [0, 0.05) is 16.7 Å². The molecule has 0 spiro atoms. The second-order valence-corrected chi connectivity index (χ2v) is 11.4. The highest BCUT2D eigenvalue weighted by Crippen LogP contribution is 2.70. The van der Waals surface area contributed by atoms with Gasteiger partial charge in [-0.25, -0.2) is 8.57 Å². The third-order valence-electron chi connectivity index (χ3n) is 8.99. The molecular formula is C22H29FO8S. The van der Waals surface area contributed by atoms with Gasteiger partial charge >= 0.3 is 10.4 Å². The normalized spacial score (nSPS) is 48.0. The Kier molecular flexibility index (Phi) is 5.20. The van der Waals surface area contributed by atoms with Gasteiger partial charge in [-0.1, -0.05) is 25.5 Å². The van der Waals surface area contributed by atoms with E-state index in [1.54, 1.807) is 20.8 Å². The van der Waals surface area contributed by atoms with Crippen molar-refractivity contribution in [3.63, 3.8) is 0 Å². The van der Waals surface area contributed by atoms with Gasteiger partial charge in [-0.15, -0.1) is 0 Å². The standard InChI is InChI=1S/C22H29FO8S/c1-12-8-16-15-5-4-13-9-14(24)6-7-19(13,2)21(15,23)17(25)10-20(16,3)22(12,27)18(26)11-31-32(28,29)30/h6-7,9,12,15-17,25,27H,4-5,8,10-11H2,1-3H3,(H,28,29,30). The van der Waals surface area contributed by atoms with E-state index in [0.29, 0.717) is 24.8 Å². The summed E-state index contributed by atoms with van der Waals surface area (Å²) in [7, 11) is -4.89. The summed E-state index contributed by atoms with van der Waals surface area (Å²) < 4.78 is 51.9. The summed E-state index contributed by atoms with van der Waals surface area (Å²) >= 11 is 0. The van der Waals surface area contributed by atoms with Crippen LogP contribution >= 0.6 is 0 Å². The number of hydrogen-bond acceptors (Lipinski definition) is 7. The molecule has 0 saturated heterocycles. The van der Waals surface area contributed by atoms with Gasteiger partial charge in [0.25, 0.3) is 0 Å². The molecule has 32 heavy (non-hydrogen) atoms. The summed E-state index contributed by atoms with van der Waals surface area (Å²) in [4.78, 5) is 24.9. The van der Waals surface area contributed by atoms with Crippen LogP contribution in [0.5, 0.6) is 0 Å². The molecule has 0 amide bonds. The Morgan fingerprint density at radius 1 is 1.31 bits per heavy atom. The van der Waals surface area contributed by atoms with Gasteiger partial charge in [-0.2, -0.15) is 8.42 Å². The van der Waals surface area contributed by atoms with E-state index in [9.17, 15) is 28.2 Å². The minimum Gasteiger partial charge on any atom is -0.390 e. The SMILES string of the molecule is CC1CC2C3CCC4=CC(=O)C=CC4(C)C3(F)C(O)CC2(C)C1(O)C(=O)COS(=O)(=O)O. The fourth-order valence-corrected chi connectivity index (χ4v) is 7.63. The number of ketones is 2. The maximum atomic E-state index is 17.0. The monoisotopic (exact) mass is 472 g/mol. The Morgan fingerprint density at radius 3 is 2.59 bits per heavy atom. The fraction of sp³-hybridized carbons (Fsp3) is 0.727. The zero-order valence-corrected chi connectivity index (χ0v) is 19.1. The van der Waals surface area contributed by atoms with Crippen molar-refractivity contribution in [1.29, 1.82) is 0 Å². The van der Waals surface area contributed by atoms with Crippen molar-refractivity contribution in [1.82, 2.24) is 0 Å². The average molecular weight is 473 g/mol. The number of carbonyl (C=O) groups is 2. The summed E-state index contributed by atoms with van der Waals surface area (Å²) in [6.07, 6.45) is 3.60. The number of hydrogen-bond donors (Lipinski definition) is 3. The molecule has 4 aliphatic carbocycles. The van der Waals surface area contributed by atoms with E-state index in [-0.39, 0.29) is 12.2 Å². The van der Waals surface area contributed by atoms with Crippen molar-refractivity contribution in [2.45, 2.75) is 63.8 Å². The van der Waals surface area contributed by atoms with Crippen molar-refractivity contribution in [3.05, 3.63) is 23.8 Å². The highest BCUT2D eigenvalue weighted by Gasteiger charge is 2.75. The third kappa shape index (κ3) is 2.89. The summed E-state index contributed by atoms with van der Waals surface area (Å²) in [6.45, 7) is 3.88. The Hall–Kier alpha value is -1.46. The molecule has 8 nitrogen and oxygen atoms in total. The van der Waals surface area contributed by atoms with Crippen LogP contribution in [0.1, 0.15) is 46.5 Å². The van der Waals surface area contributed by atoms with E-state index in [1.165, 1.54) is 18.2 Å². The van der Waals surface area contributed by atoms with Gasteiger partial charge in [0.1, 0.15) is 12.2 Å². The van der Waals surface area contributed by atoms with Crippen LogP contribution in [0, 0.1) is 28.6 Å². The lowest BCUT2D eigenvalue weighted by Crippen LogP contribution is -2.69. The number of halogens is 1. The minimum absolute atomic E-state index is 0.219. The zero-order chi connectivity index (χ0) is 23.9. The maximum Gasteiger partial charge on any atom is 0.397 e. The highest BCUT2D eigenvalue weighted by molar-refractivity contribution is 7.80. The number of carbonyl (C=O) groups excluding carboxylic acids is 2. The van der Waals surface area contributed by atoms with E-state index in [1.807, 2.05) is 0 Å². The first-order chi connectivity index (χ1) is 14.6. The van der Waals surface area contributed by atoms with Crippen LogP contribution in [0.3, 0.4) is 0 Å². The topological polar surface area (TPSA) is 138 Å². The Labute approximate surface area is 186 Å². The number of Topliss-reactive ketones (excluding diaryl/α,β-unsaturated/α-hetero) is 1. The summed E-state index contributed by atoms with van der Waals surface area (Å²) in [6, 6.07) is 0. The molecule has 0 aromatic heterocycles. The molecule has 4 rings (SSSR count). The molecule has 0 aliphatic heterocycles. The number of aliphatic hydroxyl groups is 2. The van der Waals surface area contributed by atoms with Gasteiger partial charge < -0.3 is 10.2 Å². The maximum absolute atomic E-state index is 17.0. The predicted molar refractivity (Wildman–Crippen MR) is 110 cm³/mol. The second-order valence-electron chi connectivity index (χ2n) is 10.3. The average Bonchev–Trinajstić information content (AvgIpc) is 2.89. The number of rotatable bonds is 4. The summed E-state index contributed by atoms with van der Waals surface area (Å²) in [5, 5.41) is 22.8. The molecule has 0 aromatic rings. The zero-order valence-electron chi connectivity index (χ0n) is 18.2. The third-order valence-corrected chi connectivity index (χ3v) is 9.40. The first-order valence-corrected chi connectivity index (χ1v) is 12.2. The predicted octanol–water partition coefficient (Wildman–Crippen LogP) is 1.72. The number of fused-ring (bicyclic) bond motifs is 5. The number of allylic oxidation sites excluding steroid dienone is 4. The first-order valence-electron chi connectivity index (χ1n) is 10.8. The second kappa shape index (κ2) is 7.02. The smallest absolute Gasteiger partial charge is 0.390 e. The van der Waals surface area contributed by atoms with E-state index in [4.69, 9.17) is 4.55 Å². The van der Waals surface area contributed by atoms with Crippen LogP contribution in [0.25, 0.3) is 0 Å². The molecule has 4 aliphatic rings. The quantitative estimate of drug-likeness (QED) is 0.526. The van der Waals surface area contributed by atoms with Gasteiger partial charge in [0.15, 0.2) is 17.2 Å². The van der Waals surface area contributed by atoms with E-state index < -0.39 is 68.7 Å². The van der Waals surface area contributed by atoms with Crippen LogP contribution < -0.4 is 0 Å². The van der Waals surface area contributed by atoms with E-state index in [2.05, 4.69) is 4.18 Å². The largest absolute Gasteiger partial charge is 0.397 e. The van der Waals surface area contributed by atoms with Crippen molar-refractivity contribution in [2.24, 2.45) is 28.6 Å². The minimum atomic E-state index is -4.89. The van der Waals surface area contributed by atoms with Crippen LogP contribution in [0.15, 0.2) is 23.8 Å². The molecule has 0 heterocycles. The van der Waals surface area contributed by atoms with E-state index >= 15 is 4.39 Å².